The second kappa shape index (κ2) is 5.70. The highest BCUT2D eigenvalue weighted by molar-refractivity contribution is 5.91. The van der Waals surface area contributed by atoms with Crippen LogP contribution in [-0.2, 0) is 10.2 Å². The number of allylic oxidation sites excluding steroid dienone is 2. The molecule has 5 heteroatoms. The number of benzene rings is 1. The minimum absolute atomic E-state index is 0.352. The molecule has 4 aliphatic rings. The number of rotatable bonds is 2. The molecule has 0 heterocycles. The van der Waals surface area contributed by atoms with Crippen LogP contribution in [0.5, 0.6) is 5.75 Å². The molecule has 2 bridgehead atoms. The van der Waals surface area contributed by atoms with Gasteiger partial charge in [0.1, 0.15) is 23.6 Å². The van der Waals surface area contributed by atoms with Gasteiger partial charge in [-0.2, -0.15) is 0 Å². The van der Waals surface area contributed by atoms with Gasteiger partial charge in [0.15, 0.2) is 5.78 Å². The van der Waals surface area contributed by atoms with Crippen molar-refractivity contribution in [1.29, 1.82) is 0 Å². The Morgan fingerprint density at radius 1 is 1.07 bits per heavy atom. The number of aliphatic hydroxyl groups is 2. The Labute approximate surface area is 170 Å². The van der Waals surface area contributed by atoms with Gasteiger partial charge in [-0.3, -0.25) is 4.79 Å². The molecule has 0 aromatic heterocycles. The van der Waals surface area contributed by atoms with E-state index in [2.05, 4.69) is 19.1 Å². The van der Waals surface area contributed by atoms with E-state index in [1.807, 2.05) is 24.3 Å². The number of fused-ring (bicyclic) bond motifs is 2. The zero-order chi connectivity index (χ0) is 20.8. The van der Waals surface area contributed by atoms with Crippen LogP contribution in [0.3, 0.4) is 0 Å². The van der Waals surface area contributed by atoms with Crippen LogP contribution in [0, 0.1) is 22.7 Å². The third-order valence-electron chi connectivity index (χ3n) is 9.13. The van der Waals surface area contributed by atoms with E-state index in [0.717, 1.165) is 37.0 Å². The van der Waals surface area contributed by atoms with Crippen LogP contribution in [0.1, 0.15) is 45.1 Å². The Morgan fingerprint density at radius 3 is 2.38 bits per heavy atom. The van der Waals surface area contributed by atoms with Crippen molar-refractivity contribution in [2.24, 2.45) is 22.7 Å². The topological polar surface area (TPSA) is 66.8 Å². The summed E-state index contributed by atoms with van der Waals surface area (Å²) >= 11 is 0. The van der Waals surface area contributed by atoms with Crippen LogP contribution in [0.25, 0.3) is 0 Å². The van der Waals surface area contributed by atoms with E-state index < -0.39 is 46.3 Å². The van der Waals surface area contributed by atoms with Gasteiger partial charge < -0.3 is 14.9 Å². The predicted octanol–water partition coefficient (Wildman–Crippen LogP) is 3.35. The minimum atomic E-state index is -2.05. The van der Waals surface area contributed by atoms with Crippen LogP contribution in [0.4, 0.5) is 4.39 Å². The number of Topliss-reactive ketones (excluding diaryl/α,β-unsaturated/α-hetero) is 1. The monoisotopic (exact) mass is 400 g/mol. The normalized spacial score (nSPS) is 50.3. The second-order valence-corrected chi connectivity index (χ2v) is 9.91. The van der Waals surface area contributed by atoms with E-state index in [4.69, 9.17) is 4.74 Å². The van der Waals surface area contributed by atoms with E-state index >= 15 is 4.39 Å². The Hall–Kier alpha value is -1.72. The van der Waals surface area contributed by atoms with Crippen molar-refractivity contribution in [3.8, 4) is 5.75 Å². The molecule has 0 aliphatic heterocycles. The molecule has 0 spiro atoms. The van der Waals surface area contributed by atoms with Crippen molar-refractivity contribution in [1.82, 2.24) is 0 Å². The second-order valence-electron chi connectivity index (χ2n) is 9.91. The zero-order valence-corrected chi connectivity index (χ0v) is 17.2. The Bertz CT molecular complexity index is 893. The van der Waals surface area contributed by atoms with E-state index in [0.29, 0.717) is 0 Å². The Balaban J connectivity index is 1.80. The number of halogens is 1. The first-order chi connectivity index (χ1) is 13.7. The van der Waals surface area contributed by atoms with Crippen molar-refractivity contribution in [3.63, 3.8) is 0 Å². The van der Waals surface area contributed by atoms with Gasteiger partial charge in [0.05, 0.1) is 7.11 Å². The molecule has 4 nitrogen and oxygen atoms in total. The fourth-order valence-corrected chi connectivity index (χ4v) is 7.85. The lowest BCUT2D eigenvalue weighted by atomic mass is 9.52. The third kappa shape index (κ3) is 1.90. The fourth-order valence-electron chi connectivity index (χ4n) is 7.85. The molecule has 0 unspecified atom stereocenters. The fraction of sp³-hybridized carbons (Fsp3) is 0.625. The van der Waals surface area contributed by atoms with Crippen molar-refractivity contribution in [3.05, 3.63) is 42.0 Å². The zero-order valence-electron chi connectivity index (χ0n) is 17.2. The van der Waals surface area contributed by atoms with Crippen LogP contribution in [0.15, 0.2) is 36.4 Å². The molecule has 1 aromatic rings. The largest absolute Gasteiger partial charge is 0.497 e. The highest BCUT2D eigenvalue weighted by Gasteiger charge is 2.82. The maximum atomic E-state index is 16.2. The van der Waals surface area contributed by atoms with Gasteiger partial charge >= 0.3 is 0 Å². The third-order valence-corrected chi connectivity index (χ3v) is 9.13. The van der Waals surface area contributed by atoms with Gasteiger partial charge in [-0.15, -0.1) is 0 Å². The average Bonchev–Trinajstić information content (AvgIpc) is 3.11. The smallest absolute Gasteiger partial charge is 0.168 e. The minimum Gasteiger partial charge on any atom is -0.497 e. The molecular formula is C24H29FO4. The first-order valence-corrected chi connectivity index (χ1v) is 10.6. The van der Waals surface area contributed by atoms with Gasteiger partial charge in [0.25, 0.3) is 0 Å². The number of hydrogen-bond acceptors (Lipinski definition) is 4. The van der Waals surface area contributed by atoms with Crippen LogP contribution >= 0.6 is 0 Å². The van der Waals surface area contributed by atoms with Crippen molar-refractivity contribution in [2.45, 2.75) is 62.8 Å². The molecule has 1 aromatic carbocycles. The quantitative estimate of drug-likeness (QED) is 0.748. The molecule has 3 fully saturated rings. The first kappa shape index (κ1) is 19.3. The number of carbonyl (C=O) groups is 1. The molecule has 0 radical (unpaired) electrons. The summed E-state index contributed by atoms with van der Waals surface area (Å²) < 4.78 is 21.5. The maximum absolute atomic E-state index is 16.2. The summed E-state index contributed by atoms with van der Waals surface area (Å²) in [6, 6.07) is 7.71. The summed E-state index contributed by atoms with van der Waals surface area (Å²) in [6.45, 7) is 3.57. The molecule has 3 saturated carbocycles. The number of methoxy groups -OCH3 is 1. The summed E-state index contributed by atoms with van der Waals surface area (Å²) in [7, 11) is 1.61. The lowest BCUT2D eigenvalue weighted by molar-refractivity contribution is -0.181. The van der Waals surface area contributed by atoms with E-state index in [1.54, 1.807) is 7.11 Å². The van der Waals surface area contributed by atoms with Crippen molar-refractivity contribution >= 4 is 5.78 Å². The maximum Gasteiger partial charge on any atom is 0.168 e. The summed E-state index contributed by atoms with van der Waals surface area (Å²) in [5.74, 6) is -1.05. The van der Waals surface area contributed by atoms with E-state index in [-0.39, 0.29) is 5.41 Å². The van der Waals surface area contributed by atoms with Gasteiger partial charge in [-0.05, 0) is 42.9 Å². The van der Waals surface area contributed by atoms with Crippen molar-refractivity contribution < 1.29 is 24.1 Å². The SMILES string of the molecule is COc1ccc([C@]23C=C[C@@]4(CCCC[C@]24C)[C@@H]2[C@H]3C(=O)[C@@H](O)[C@@H](O)[C@]2(C)F)cc1. The van der Waals surface area contributed by atoms with Crippen LogP contribution < -0.4 is 4.74 Å². The molecule has 156 valence electrons. The van der Waals surface area contributed by atoms with Gasteiger partial charge in [-0.1, -0.05) is 44.1 Å². The Morgan fingerprint density at radius 2 is 1.72 bits per heavy atom. The van der Waals surface area contributed by atoms with Gasteiger partial charge in [0, 0.05) is 22.7 Å². The lowest BCUT2D eigenvalue weighted by Gasteiger charge is -2.53. The molecule has 5 rings (SSSR count). The highest BCUT2D eigenvalue weighted by atomic mass is 19.1. The van der Waals surface area contributed by atoms with E-state index in [9.17, 15) is 15.0 Å². The molecule has 29 heavy (non-hydrogen) atoms. The lowest BCUT2D eigenvalue weighted by Crippen LogP contribution is -2.65. The number of ether oxygens (including phenoxy) is 1. The Kier molecular flexibility index (Phi) is 3.78. The number of carbonyl (C=O) groups excluding carboxylic acids is 1. The highest BCUT2D eigenvalue weighted by Crippen LogP contribution is 2.81. The molecular weight excluding hydrogens is 371 g/mol. The molecule has 0 saturated heterocycles. The van der Waals surface area contributed by atoms with Crippen LogP contribution in [0.2, 0.25) is 0 Å². The summed E-state index contributed by atoms with van der Waals surface area (Å²) in [6.07, 6.45) is 4.56. The molecule has 2 N–H and O–H groups in total. The summed E-state index contributed by atoms with van der Waals surface area (Å²) in [5.41, 5.74) is -2.64. The number of aliphatic hydroxyl groups excluding tert-OH is 2. The predicted molar refractivity (Wildman–Crippen MR) is 106 cm³/mol. The first-order valence-electron chi connectivity index (χ1n) is 10.6. The van der Waals surface area contributed by atoms with Gasteiger partial charge in [-0.25, -0.2) is 4.39 Å². The number of alkyl halides is 1. The molecule has 8 atom stereocenters. The standard InChI is InChI=1S/C24H29FO4/c1-21-10-4-5-11-23(21)12-13-24(21,14-6-8-15(29-3)9-7-14)16-17(26)18(27)20(28)22(2,25)19(16)23/h6-9,12-13,16,18-20,27-28H,4-5,10-11H2,1-3H3/t16-,18-,19-,20-,21+,22-,23+,24+/m1/s1. The van der Waals surface area contributed by atoms with E-state index in [1.165, 1.54) is 6.92 Å². The number of ketones is 1. The summed E-state index contributed by atoms with van der Waals surface area (Å²) in [4.78, 5) is 13.4. The molecule has 4 aliphatic carbocycles. The summed E-state index contributed by atoms with van der Waals surface area (Å²) in [5, 5.41) is 21.1. The van der Waals surface area contributed by atoms with Crippen molar-refractivity contribution in [2.75, 3.05) is 7.11 Å². The average molecular weight is 400 g/mol. The number of hydrogen-bond donors (Lipinski definition) is 2. The van der Waals surface area contributed by atoms with Gasteiger partial charge in [0.2, 0.25) is 0 Å². The van der Waals surface area contributed by atoms with Crippen LogP contribution in [-0.4, -0.2) is 41.0 Å². The molecule has 0 amide bonds.